The minimum atomic E-state index is -0.538. The Morgan fingerprint density at radius 3 is 2.84 bits per heavy atom. The van der Waals surface area contributed by atoms with Gasteiger partial charge in [0.25, 0.3) is 0 Å². The number of nitrogens with one attached hydrogen (secondary N) is 1. The first-order chi connectivity index (χ1) is 12.1. The Balaban J connectivity index is 1.78. The van der Waals surface area contributed by atoms with Crippen molar-refractivity contribution in [3.8, 4) is 0 Å². The Labute approximate surface area is 146 Å². The second-order valence-corrected chi connectivity index (χ2v) is 6.09. The van der Waals surface area contributed by atoms with Crippen LogP contribution in [0.5, 0.6) is 0 Å². The van der Waals surface area contributed by atoms with E-state index in [2.05, 4.69) is 10.3 Å². The topological polar surface area (TPSA) is 54.5 Å². The van der Waals surface area contributed by atoms with Gasteiger partial charge in [0.1, 0.15) is 11.9 Å². The molecule has 0 saturated carbocycles. The van der Waals surface area contributed by atoms with E-state index in [0.29, 0.717) is 38.4 Å². The van der Waals surface area contributed by atoms with Crippen LogP contribution in [0.2, 0.25) is 0 Å². The van der Waals surface area contributed by atoms with E-state index in [4.69, 9.17) is 4.74 Å². The van der Waals surface area contributed by atoms with Crippen molar-refractivity contribution in [3.63, 3.8) is 0 Å². The van der Waals surface area contributed by atoms with Crippen molar-refractivity contribution in [3.05, 3.63) is 65.2 Å². The molecule has 132 valence electrons. The molecule has 0 bridgehead atoms. The molecule has 0 spiro atoms. The molecule has 5 nitrogen and oxygen atoms in total. The number of aromatic nitrogens is 1. The molecule has 3 rings (SSSR count). The van der Waals surface area contributed by atoms with Crippen molar-refractivity contribution in [2.75, 3.05) is 26.3 Å². The van der Waals surface area contributed by atoms with Crippen LogP contribution in [-0.4, -0.2) is 42.1 Å². The first kappa shape index (κ1) is 17.5. The van der Waals surface area contributed by atoms with Crippen molar-refractivity contribution >= 4 is 5.91 Å². The number of rotatable bonds is 5. The quantitative estimate of drug-likeness (QED) is 0.904. The Morgan fingerprint density at radius 2 is 2.12 bits per heavy atom. The lowest BCUT2D eigenvalue weighted by Gasteiger charge is -2.33. The van der Waals surface area contributed by atoms with Crippen LogP contribution >= 0.6 is 0 Å². The summed E-state index contributed by atoms with van der Waals surface area (Å²) in [5.74, 6) is -0.498. The SMILES string of the molecule is Cc1cccnc1CNC(=O)C(c1cccc(F)c1)N1CCOCC1. The number of hydrogen-bond acceptors (Lipinski definition) is 4. The third kappa shape index (κ3) is 4.41. The van der Waals surface area contributed by atoms with Gasteiger partial charge in [-0.15, -0.1) is 0 Å². The summed E-state index contributed by atoms with van der Waals surface area (Å²) in [6, 6.07) is 9.51. The summed E-state index contributed by atoms with van der Waals surface area (Å²) < 4.78 is 19.1. The zero-order chi connectivity index (χ0) is 17.6. The van der Waals surface area contributed by atoms with Gasteiger partial charge < -0.3 is 10.1 Å². The molecule has 1 saturated heterocycles. The Kier molecular flexibility index (Phi) is 5.73. The lowest BCUT2D eigenvalue weighted by atomic mass is 10.0. The monoisotopic (exact) mass is 343 g/mol. The number of nitrogens with zero attached hydrogens (tertiary/aromatic N) is 2. The van der Waals surface area contributed by atoms with Crippen LogP contribution in [0, 0.1) is 12.7 Å². The number of amides is 1. The average molecular weight is 343 g/mol. The molecule has 0 radical (unpaired) electrons. The molecule has 0 aliphatic carbocycles. The minimum Gasteiger partial charge on any atom is -0.379 e. The largest absolute Gasteiger partial charge is 0.379 e. The molecule has 2 aromatic rings. The number of morpholine rings is 1. The van der Waals surface area contributed by atoms with Crippen molar-refractivity contribution in [2.24, 2.45) is 0 Å². The second-order valence-electron chi connectivity index (χ2n) is 6.09. The number of carbonyl (C=O) groups is 1. The number of halogens is 1. The minimum absolute atomic E-state index is 0.155. The Morgan fingerprint density at radius 1 is 1.32 bits per heavy atom. The number of carbonyl (C=O) groups excluding carboxylic acids is 1. The molecule has 25 heavy (non-hydrogen) atoms. The summed E-state index contributed by atoms with van der Waals surface area (Å²) in [7, 11) is 0. The van der Waals surface area contributed by atoms with Crippen LogP contribution < -0.4 is 5.32 Å². The zero-order valence-corrected chi connectivity index (χ0v) is 14.2. The fourth-order valence-corrected chi connectivity index (χ4v) is 3.01. The van der Waals surface area contributed by atoms with Gasteiger partial charge in [0.15, 0.2) is 0 Å². The molecule has 1 aromatic carbocycles. The number of aryl methyl sites for hydroxylation is 1. The molecule has 1 aliphatic rings. The van der Waals surface area contributed by atoms with Crippen LogP contribution in [0.15, 0.2) is 42.6 Å². The van der Waals surface area contributed by atoms with Crippen molar-refractivity contribution < 1.29 is 13.9 Å². The molecule has 2 heterocycles. The predicted molar refractivity (Wildman–Crippen MR) is 92.4 cm³/mol. The fourth-order valence-electron chi connectivity index (χ4n) is 3.01. The first-order valence-electron chi connectivity index (χ1n) is 8.40. The highest BCUT2D eigenvalue weighted by Gasteiger charge is 2.29. The van der Waals surface area contributed by atoms with Crippen molar-refractivity contribution in [1.82, 2.24) is 15.2 Å². The predicted octanol–water partition coefficient (Wildman–Crippen LogP) is 2.22. The van der Waals surface area contributed by atoms with Gasteiger partial charge in [-0.2, -0.15) is 0 Å². The number of hydrogen-bond donors (Lipinski definition) is 1. The smallest absolute Gasteiger partial charge is 0.242 e. The van der Waals surface area contributed by atoms with Crippen LogP contribution in [0.3, 0.4) is 0 Å². The molecule has 1 aromatic heterocycles. The standard InChI is InChI=1S/C19H22FN3O2/c1-14-4-3-7-21-17(14)13-22-19(24)18(23-8-10-25-11-9-23)15-5-2-6-16(20)12-15/h2-7,12,18H,8-11,13H2,1H3,(H,22,24). The van der Waals surface area contributed by atoms with E-state index in [1.165, 1.54) is 12.1 Å². The lowest BCUT2D eigenvalue weighted by molar-refractivity contribution is -0.128. The summed E-state index contributed by atoms with van der Waals surface area (Å²) in [6.45, 7) is 4.72. The van der Waals surface area contributed by atoms with Gasteiger partial charge in [0.2, 0.25) is 5.91 Å². The van der Waals surface area contributed by atoms with Gasteiger partial charge in [0, 0.05) is 19.3 Å². The maximum Gasteiger partial charge on any atom is 0.242 e. The van der Waals surface area contributed by atoms with Crippen LogP contribution in [0.1, 0.15) is 22.9 Å². The maximum atomic E-state index is 13.7. The Bertz CT molecular complexity index is 732. The van der Waals surface area contributed by atoms with E-state index in [0.717, 1.165) is 11.3 Å². The van der Waals surface area contributed by atoms with E-state index in [-0.39, 0.29) is 11.7 Å². The van der Waals surface area contributed by atoms with Gasteiger partial charge in [-0.05, 0) is 36.2 Å². The summed E-state index contributed by atoms with van der Waals surface area (Å²) in [5, 5.41) is 2.95. The summed E-state index contributed by atoms with van der Waals surface area (Å²) in [4.78, 5) is 19.2. The average Bonchev–Trinajstić information content (AvgIpc) is 2.62. The highest BCUT2D eigenvalue weighted by atomic mass is 19.1. The van der Waals surface area contributed by atoms with E-state index in [9.17, 15) is 9.18 Å². The third-order valence-corrected chi connectivity index (χ3v) is 4.37. The van der Waals surface area contributed by atoms with E-state index < -0.39 is 6.04 Å². The summed E-state index contributed by atoms with van der Waals surface area (Å²) >= 11 is 0. The van der Waals surface area contributed by atoms with Gasteiger partial charge in [0.05, 0.1) is 25.5 Å². The number of pyridine rings is 1. The third-order valence-electron chi connectivity index (χ3n) is 4.37. The molecule has 1 atom stereocenters. The molecule has 1 fully saturated rings. The number of benzene rings is 1. The molecular weight excluding hydrogens is 321 g/mol. The maximum absolute atomic E-state index is 13.7. The highest BCUT2D eigenvalue weighted by Crippen LogP contribution is 2.23. The number of ether oxygens (including phenoxy) is 1. The summed E-state index contributed by atoms with van der Waals surface area (Å²) in [6.07, 6.45) is 1.71. The second kappa shape index (κ2) is 8.18. The van der Waals surface area contributed by atoms with E-state index in [1.807, 2.05) is 24.0 Å². The molecule has 1 N–H and O–H groups in total. The highest BCUT2D eigenvalue weighted by molar-refractivity contribution is 5.83. The van der Waals surface area contributed by atoms with Gasteiger partial charge in [-0.1, -0.05) is 18.2 Å². The molecule has 1 aliphatic heterocycles. The van der Waals surface area contributed by atoms with Gasteiger partial charge in [-0.25, -0.2) is 4.39 Å². The van der Waals surface area contributed by atoms with Crippen LogP contribution in [-0.2, 0) is 16.1 Å². The van der Waals surface area contributed by atoms with E-state index >= 15 is 0 Å². The molecule has 1 unspecified atom stereocenters. The molecule has 6 heteroatoms. The first-order valence-corrected chi connectivity index (χ1v) is 8.40. The lowest BCUT2D eigenvalue weighted by Crippen LogP contribution is -2.45. The van der Waals surface area contributed by atoms with Crippen LogP contribution in [0.25, 0.3) is 0 Å². The zero-order valence-electron chi connectivity index (χ0n) is 14.2. The fraction of sp³-hybridized carbons (Fsp3) is 0.368. The van der Waals surface area contributed by atoms with Crippen molar-refractivity contribution in [2.45, 2.75) is 19.5 Å². The normalized spacial score (nSPS) is 16.4. The molecule has 1 amide bonds. The Hall–Kier alpha value is -2.31. The van der Waals surface area contributed by atoms with E-state index in [1.54, 1.807) is 18.3 Å². The summed E-state index contributed by atoms with van der Waals surface area (Å²) in [5.41, 5.74) is 2.50. The van der Waals surface area contributed by atoms with Gasteiger partial charge >= 0.3 is 0 Å². The van der Waals surface area contributed by atoms with Gasteiger partial charge in [-0.3, -0.25) is 14.7 Å². The molecular formula is C19H22FN3O2. The van der Waals surface area contributed by atoms with Crippen LogP contribution in [0.4, 0.5) is 4.39 Å². The van der Waals surface area contributed by atoms with Crippen molar-refractivity contribution in [1.29, 1.82) is 0 Å².